The Morgan fingerprint density at radius 1 is 1.12 bits per heavy atom. The SMILES string of the molecule is Cc1c(NC(=O)c2cccc(C(C)(C)C)c2)cnn1-c1ccc(F)cc1. The molecule has 0 saturated carbocycles. The van der Waals surface area contributed by atoms with Crippen molar-refractivity contribution in [1.82, 2.24) is 9.78 Å². The van der Waals surface area contributed by atoms with Gasteiger partial charge in [-0.05, 0) is 54.3 Å². The Morgan fingerprint density at radius 2 is 1.81 bits per heavy atom. The van der Waals surface area contributed by atoms with Gasteiger partial charge in [-0.15, -0.1) is 0 Å². The quantitative estimate of drug-likeness (QED) is 0.732. The monoisotopic (exact) mass is 351 g/mol. The van der Waals surface area contributed by atoms with Crippen LogP contribution in [-0.2, 0) is 5.41 Å². The van der Waals surface area contributed by atoms with Crippen LogP contribution in [-0.4, -0.2) is 15.7 Å². The molecule has 0 saturated heterocycles. The lowest BCUT2D eigenvalue weighted by Crippen LogP contribution is -2.16. The van der Waals surface area contributed by atoms with Gasteiger partial charge >= 0.3 is 0 Å². The maximum absolute atomic E-state index is 13.1. The maximum Gasteiger partial charge on any atom is 0.255 e. The molecule has 4 nitrogen and oxygen atoms in total. The summed E-state index contributed by atoms with van der Waals surface area (Å²) >= 11 is 0. The van der Waals surface area contributed by atoms with Crippen molar-refractivity contribution in [3.63, 3.8) is 0 Å². The molecule has 0 radical (unpaired) electrons. The number of rotatable bonds is 3. The zero-order chi connectivity index (χ0) is 18.9. The van der Waals surface area contributed by atoms with Gasteiger partial charge < -0.3 is 5.32 Å². The van der Waals surface area contributed by atoms with Crippen LogP contribution in [0.3, 0.4) is 0 Å². The third kappa shape index (κ3) is 3.67. The Morgan fingerprint density at radius 3 is 2.46 bits per heavy atom. The highest BCUT2D eigenvalue weighted by Crippen LogP contribution is 2.24. The Kier molecular flexibility index (Phi) is 4.64. The van der Waals surface area contributed by atoms with Gasteiger partial charge in [0.05, 0.1) is 23.3 Å². The number of hydrogen-bond acceptors (Lipinski definition) is 2. The number of carbonyl (C=O) groups is 1. The summed E-state index contributed by atoms with van der Waals surface area (Å²) in [6.07, 6.45) is 1.60. The average Bonchev–Trinajstić information content (AvgIpc) is 2.96. The fourth-order valence-corrected chi connectivity index (χ4v) is 2.70. The van der Waals surface area contributed by atoms with E-state index in [4.69, 9.17) is 0 Å². The van der Waals surface area contributed by atoms with Crippen molar-refractivity contribution in [2.24, 2.45) is 0 Å². The van der Waals surface area contributed by atoms with Crippen molar-refractivity contribution in [3.05, 3.63) is 77.4 Å². The fourth-order valence-electron chi connectivity index (χ4n) is 2.70. The van der Waals surface area contributed by atoms with Crippen LogP contribution in [0.25, 0.3) is 5.69 Å². The molecule has 0 unspecified atom stereocenters. The summed E-state index contributed by atoms with van der Waals surface area (Å²) in [7, 11) is 0. The third-order valence-corrected chi connectivity index (χ3v) is 4.32. The van der Waals surface area contributed by atoms with Gasteiger partial charge in [0.15, 0.2) is 0 Å². The Balaban J connectivity index is 1.84. The lowest BCUT2D eigenvalue weighted by molar-refractivity contribution is 0.102. The van der Waals surface area contributed by atoms with E-state index in [9.17, 15) is 9.18 Å². The van der Waals surface area contributed by atoms with Gasteiger partial charge in [0.25, 0.3) is 5.91 Å². The zero-order valence-electron chi connectivity index (χ0n) is 15.4. The first kappa shape index (κ1) is 17.9. The highest BCUT2D eigenvalue weighted by Gasteiger charge is 2.17. The minimum Gasteiger partial charge on any atom is -0.319 e. The van der Waals surface area contributed by atoms with E-state index in [0.717, 1.165) is 16.9 Å². The first-order chi connectivity index (χ1) is 12.3. The highest BCUT2D eigenvalue weighted by atomic mass is 19.1. The van der Waals surface area contributed by atoms with Crippen molar-refractivity contribution in [2.45, 2.75) is 33.1 Å². The van der Waals surface area contributed by atoms with Gasteiger partial charge in [0.1, 0.15) is 5.82 Å². The molecule has 1 heterocycles. The molecule has 26 heavy (non-hydrogen) atoms. The minimum atomic E-state index is -0.300. The molecule has 0 atom stereocenters. The average molecular weight is 351 g/mol. The summed E-state index contributed by atoms with van der Waals surface area (Å²) in [5, 5.41) is 7.21. The maximum atomic E-state index is 13.1. The minimum absolute atomic E-state index is 0.0281. The smallest absolute Gasteiger partial charge is 0.255 e. The number of nitrogens with zero attached hydrogens (tertiary/aromatic N) is 2. The Labute approximate surface area is 152 Å². The summed E-state index contributed by atoms with van der Waals surface area (Å²) in [6, 6.07) is 13.7. The molecule has 0 bridgehead atoms. The van der Waals surface area contributed by atoms with Crippen LogP contribution in [0.5, 0.6) is 0 Å². The van der Waals surface area contributed by atoms with E-state index in [-0.39, 0.29) is 17.1 Å². The largest absolute Gasteiger partial charge is 0.319 e. The summed E-state index contributed by atoms with van der Waals surface area (Å²) in [5.41, 5.74) is 3.81. The van der Waals surface area contributed by atoms with Crippen molar-refractivity contribution >= 4 is 11.6 Å². The van der Waals surface area contributed by atoms with E-state index >= 15 is 0 Å². The summed E-state index contributed by atoms with van der Waals surface area (Å²) in [4.78, 5) is 12.6. The van der Waals surface area contributed by atoms with E-state index in [1.54, 1.807) is 29.1 Å². The van der Waals surface area contributed by atoms with E-state index in [1.165, 1.54) is 12.1 Å². The molecule has 3 aromatic rings. The molecule has 0 aliphatic heterocycles. The number of amides is 1. The predicted molar refractivity (Wildman–Crippen MR) is 101 cm³/mol. The fraction of sp³-hybridized carbons (Fsp3) is 0.238. The number of carbonyl (C=O) groups excluding carboxylic acids is 1. The van der Waals surface area contributed by atoms with Gasteiger partial charge in [-0.1, -0.05) is 32.9 Å². The van der Waals surface area contributed by atoms with Crippen molar-refractivity contribution in [1.29, 1.82) is 0 Å². The van der Waals surface area contributed by atoms with Crippen LogP contribution in [0.2, 0.25) is 0 Å². The molecule has 0 spiro atoms. The Hall–Kier alpha value is -2.95. The lowest BCUT2D eigenvalue weighted by Gasteiger charge is -2.19. The second kappa shape index (κ2) is 6.75. The van der Waals surface area contributed by atoms with Crippen LogP contribution in [0, 0.1) is 12.7 Å². The molecule has 2 aromatic carbocycles. The van der Waals surface area contributed by atoms with Gasteiger partial charge in [0.2, 0.25) is 0 Å². The molecule has 0 aliphatic rings. The third-order valence-electron chi connectivity index (χ3n) is 4.32. The molecule has 5 heteroatoms. The molecule has 134 valence electrons. The summed E-state index contributed by atoms with van der Waals surface area (Å²) < 4.78 is 14.8. The number of anilines is 1. The number of benzene rings is 2. The first-order valence-corrected chi connectivity index (χ1v) is 8.48. The van der Waals surface area contributed by atoms with Gasteiger partial charge in [-0.2, -0.15) is 5.10 Å². The number of aromatic nitrogens is 2. The Bertz CT molecular complexity index is 937. The summed E-state index contributed by atoms with van der Waals surface area (Å²) in [5.74, 6) is -0.483. The second-order valence-electron chi connectivity index (χ2n) is 7.32. The van der Waals surface area contributed by atoms with E-state index in [2.05, 4.69) is 31.2 Å². The van der Waals surface area contributed by atoms with E-state index in [0.29, 0.717) is 11.3 Å². The van der Waals surface area contributed by atoms with Crippen molar-refractivity contribution in [3.8, 4) is 5.69 Å². The number of hydrogen-bond donors (Lipinski definition) is 1. The van der Waals surface area contributed by atoms with E-state index < -0.39 is 0 Å². The number of halogens is 1. The highest BCUT2D eigenvalue weighted by molar-refractivity contribution is 6.04. The zero-order valence-corrected chi connectivity index (χ0v) is 15.4. The molecule has 3 rings (SSSR count). The van der Waals surface area contributed by atoms with Gasteiger partial charge in [-0.3, -0.25) is 4.79 Å². The normalized spacial score (nSPS) is 11.4. The van der Waals surface area contributed by atoms with Crippen LogP contribution in [0.4, 0.5) is 10.1 Å². The standard InChI is InChI=1S/C21H22FN3O/c1-14-19(13-23-25(14)18-10-8-17(22)9-11-18)24-20(26)15-6-5-7-16(12-15)21(2,3)4/h5-13H,1-4H3,(H,24,26). The van der Waals surface area contributed by atoms with Crippen molar-refractivity contribution in [2.75, 3.05) is 5.32 Å². The second-order valence-corrected chi connectivity index (χ2v) is 7.32. The van der Waals surface area contributed by atoms with Crippen LogP contribution < -0.4 is 5.32 Å². The van der Waals surface area contributed by atoms with Crippen molar-refractivity contribution < 1.29 is 9.18 Å². The van der Waals surface area contributed by atoms with Crippen LogP contribution in [0.1, 0.15) is 42.4 Å². The predicted octanol–water partition coefficient (Wildman–Crippen LogP) is 4.87. The topological polar surface area (TPSA) is 46.9 Å². The van der Waals surface area contributed by atoms with Gasteiger partial charge in [-0.25, -0.2) is 9.07 Å². The van der Waals surface area contributed by atoms with E-state index in [1.807, 2.05) is 25.1 Å². The molecule has 1 aromatic heterocycles. The molecule has 1 amide bonds. The first-order valence-electron chi connectivity index (χ1n) is 8.48. The van der Waals surface area contributed by atoms with Crippen LogP contribution in [0.15, 0.2) is 54.7 Å². The molecule has 0 fully saturated rings. The molecule has 0 aliphatic carbocycles. The number of nitrogens with one attached hydrogen (secondary N) is 1. The molecular formula is C21H22FN3O. The molecule has 1 N–H and O–H groups in total. The lowest BCUT2D eigenvalue weighted by atomic mass is 9.86. The van der Waals surface area contributed by atoms with Crippen LogP contribution >= 0.6 is 0 Å². The summed E-state index contributed by atoms with van der Waals surface area (Å²) in [6.45, 7) is 8.19. The van der Waals surface area contributed by atoms with Gasteiger partial charge in [0, 0.05) is 5.56 Å². The molecular weight excluding hydrogens is 329 g/mol.